The van der Waals surface area contributed by atoms with Crippen molar-refractivity contribution in [2.24, 2.45) is 0 Å². The number of benzene rings is 1. The third-order valence-electron chi connectivity index (χ3n) is 4.58. The molecular formula is C17H26BrN. The van der Waals surface area contributed by atoms with Crippen molar-refractivity contribution in [2.45, 2.75) is 64.5 Å². The third-order valence-corrected chi connectivity index (χ3v) is 5.10. The molecule has 0 N–H and O–H groups in total. The lowest BCUT2D eigenvalue weighted by atomic mass is 9.79. The van der Waals surface area contributed by atoms with E-state index in [9.17, 15) is 0 Å². The van der Waals surface area contributed by atoms with Crippen LogP contribution in [0.15, 0.2) is 28.7 Å². The molecule has 1 aromatic carbocycles. The Labute approximate surface area is 126 Å². The molecule has 0 bridgehead atoms. The highest BCUT2D eigenvalue weighted by atomic mass is 79.9. The molecule has 1 aliphatic rings. The van der Waals surface area contributed by atoms with Crippen LogP contribution in [-0.4, -0.2) is 22.5 Å². The molecule has 0 saturated carbocycles. The van der Waals surface area contributed by atoms with Crippen LogP contribution in [0.25, 0.3) is 0 Å². The van der Waals surface area contributed by atoms with Crippen LogP contribution in [0.4, 0.5) is 0 Å². The van der Waals surface area contributed by atoms with E-state index in [1.807, 2.05) is 0 Å². The summed E-state index contributed by atoms with van der Waals surface area (Å²) in [5, 5.41) is 0. The summed E-state index contributed by atoms with van der Waals surface area (Å²) in [5.74, 6) is 0. The standard InChI is InChI=1S/C17H26BrN/c1-16(2)11-5-12-17(3,4)19(16)13-10-14-6-8-15(18)9-7-14/h6-9H,5,10-13H2,1-4H3. The molecule has 1 aromatic rings. The van der Waals surface area contributed by atoms with Gasteiger partial charge in [-0.25, -0.2) is 0 Å². The van der Waals surface area contributed by atoms with Crippen LogP contribution in [0.5, 0.6) is 0 Å². The molecule has 0 aromatic heterocycles. The van der Waals surface area contributed by atoms with Crippen LogP contribution in [0.1, 0.15) is 52.5 Å². The number of likely N-dealkylation sites (tertiary alicyclic amines) is 1. The van der Waals surface area contributed by atoms with Gasteiger partial charge in [0.2, 0.25) is 0 Å². The Balaban J connectivity index is 2.05. The quantitative estimate of drug-likeness (QED) is 0.753. The lowest BCUT2D eigenvalue weighted by Gasteiger charge is -2.53. The molecule has 19 heavy (non-hydrogen) atoms. The van der Waals surface area contributed by atoms with Crippen molar-refractivity contribution < 1.29 is 0 Å². The fraction of sp³-hybridized carbons (Fsp3) is 0.647. The first-order valence-corrected chi connectivity index (χ1v) is 8.13. The summed E-state index contributed by atoms with van der Waals surface area (Å²) in [4.78, 5) is 2.71. The number of hydrogen-bond acceptors (Lipinski definition) is 1. The molecule has 2 heteroatoms. The zero-order chi connectivity index (χ0) is 14.1. The second-order valence-corrected chi connectivity index (χ2v) is 7.92. The summed E-state index contributed by atoms with van der Waals surface area (Å²) < 4.78 is 1.16. The van der Waals surface area contributed by atoms with Crippen LogP contribution in [0, 0.1) is 0 Å². The Hall–Kier alpha value is -0.340. The highest BCUT2D eigenvalue weighted by Crippen LogP contribution is 2.38. The molecule has 1 nitrogen and oxygen atoms in total. The second-order valence-electron chi connectivity index (χ2n) is 7.01. The molecule has 1 saturated heterocycles. The van der Waals surface area contributed by atoms with Gasteiger partial charge in [0, 0.05) is 22.1 Å². The predicted octanol–water partition coefficient (Wildman–Crippen LogP) is 5.03. The van der Waals surface area contributed by atoms with Crippen LogP contribution in [0.2, 0.25) is 0 Å². The Morgan fingerprint density at radius 2 is 1.53 bits per heavy atom. The molecule has 0 radical (unpaired) electrons. The average molecular weight is 324 g/mol. The Morgan fingerprint density at radius 3 is 2.05 bits per heavy atom. The summed E-state index contributed by atoms with van der Waals surface area (Å²) in [6.07, 6.45) is 5.13. The first-order valence-electron chi connectivity index (χ1n) is 7.33. The summed E-state index contributed by atoms with van der Waals surface area (Å²) >= 11 is 3.50. The maximum atomic E-state index is 3.50. The van der Waals surface area contributed by atoms with Gasteiger partial charge in [-0.15, -0.1) is 0 Å². The highest BCUT2D eigenvalue weighted by Gasteiger charge is 2.40. The fourth-order valence-electron chi connectivity index (χ4n) is 3.54. The zero-order valence-corrected chi connectivity index (χ0v) is 14.3. The maximum Gasteiger partial charge on any atom is 0.0175 e. The lowest BCUT2D eigenvalue weighted by Crippen LogP contribution is -2.58. The van der Waals surface area contributed by atoms with Gasteiger partial charge in [0.25, 0.3) is 0 Å². The van der Waals surface area contributed by atoms with Gasteiger partial charge >= 0.3 is 0 Å². The molecule has 0 amide bonds. The van der Waals surface area contributed by atoms with Gasteiger partial charge in [0.05, 0.1) is 0 Å². The summed E-state index contributed by atoms with van der Waals surface area (Å²) in [6.45, 7) is 10.7. The summed E-state index contributed by atoms with van der Waals surface area (Å²) in [6, 6.07) is 8.74. The van der Waals surface area contributed by atoms with Gasteiger partial charge in [-0.1, -0.05) is 28.1 Å². The maximum absolute atomic E-state index is 3.50. The lowest BCUT2D eigenvalue weighted by molar-refractivity contribution is -0.0255. The fourth-order valence-corrected chi connectivity index (χ4v) is 3.80. The van der Waals surface area contributed by atoms with Crippen molar-refractivity contribution in [3.05, 3.63) is 34.3 Å². The van der Waals surface area contributed by atoms with E-state index >= 15 is 0 Å². The summed E-state index contributed by atoms with van der Waals surface area (Å²) in [5.41, 5.74) is 2.09. The van der Waals surface area contributed by atoms with Gasteiger partial charge in [0.15, 0.2) is 0 Å². The summed E-state index contributed by atoms with van der Waals surface area (Å²) in [7, 11) is 0. The molecule has 106 valence electrons. The van der Waals surface area contributed by atoms with E-state index in [1.54, 1.807) is 0 Å². The van der Waals surface area contributed by atoms with E-state index in [-0.39, 0.29) is 0 Å². The zero-order valence-electron chi connectivity index (χ0n) is 12.7. The van der Waals surface area contributed by atoms with Crippen molar-refractivity contribution >= 4 is 15.9 Å². The smallest absolute Gasteiger partial charge is 0.0175 e. The van der Waals surface area contributed by atoms with Crippen molar-refractivity contribution in [3.63, 3.8) is 0 Å². The SMILES string of the molecule is CC1(C)CCCC(C)(C)N1CCc1ccc(Br)cc1. The number of piperidine rings is 1. The number of rotatable bonds is 3. The topological polar surface area (TPSA) is 3.24 Å². The average Bonchev–Trinajstić information content (AvgIpc) is 2.29. The van der Waals surface area contributed by atoms with E-state index < -0.39 is 0 Å². The first kappa shape index (κ1) is 15.1. The molecular weight excluding hydrogens is 298 g/mol. The van der Waals surface area contributed by atoms with Crippen LogP contribution in [-0.2, 0) is 6.42 Å². The van der Waals surface area contributed by atoms with Gasteiger partial charge < -0.3 is 0 Å². The highest BCUT2D eigenvalue weighted by molar-refractivity contribution is 9.10. The minimum atomic E-state index is 0.330. The number of hydrogen-bond donors (Lipinski definition) is 0. The Kier molecular flexibility index (Phi) is 4.42. The molecule has 2 rings (SSSR count). The van der Waals surface area contributed by atoms with Crippen molar-refractivity contribution in [2.75, 3.05) is 6.54 Å². The van der Waals surface area contributed by atoms with E-state index in [4.69, 9.17) is 0 Å². The largest absolute Gasteiger partial charge is 0.293 e. The van der Waals surface area contributed by atoms with Gasteiger partial charge in [-0.05, 0) is 71.1 Å². The molecule has 0 unspecified atom stereocenters. The third kappa shape index (κ3) is 3.61. The Bertz CT molecular complexity index is 403. The van der Waals surface area contributed by atoms with Crippen LogP contribution in [0.3, 0.4) is 0 Å². The monoisotopic (exact) mass is 323 g/mol. The van der Waals surface area contributed by atoms with Crippen LogP contribution < -0.4 is 0 Å². The Morgan fingerprint density at radius 1 is 1.00 bits per heavy atom. The second kappa shape index (κ2) is 5.57. The number of halogens is 1. The van der Waals surface area contributed by atoms with Crippen LogP contribution >= 0.6 is 15.9 Å². The molecule has 1 aliphatic heterocycles. The van der Waals surface area contributed by atoms with Gasteiger partial charge in [-0.2, -0.15) is 0 Å². The van der Waals surface area contributed by atoms with E-state index in [0.29, 0.717) is 11.1 Å². The molecule has 1 heterocycles. The van der Waals surface area contributed by atoms with Crippen molar-refractivity contribution in [1.82, 2.24) is 4.90 Å². The minimum Gasteiger partial charge on any atom is -0.293 e. The molecule has 0 spiro atoms. The van der Waals surface area contributed by atoms with Gasteiger partial charge in [-0.3, -0.25) is 4.90 Å². The molecule has 1 fully saturated rings. The number of nitrogens with zero attached hydrogens (tertiary/aromatic N) is 1. The molecule has 0 atom stereocenters. The predicted molar refractivity (Wildman–Crippen MR) is 86.6 cm³/mol. The first-order chi connectivity index (χ1) is 8.81. The van der Waals surface area contributed by atoms with E-state index in [0.717, 1.165) is 17.4 Å². The molecule has 0 aliphatic carbocycles. The normalized spacial score (nSPS) is 22.4. The van der Waals surface area contributed by atoms with E-state index in [2.05, 4.69) is 72.8 Å². The van der Waals surface area contributed by atoms with Gasteiger partial charge in [0.1, 0.15) is 0 Å². The van der Waals surface area contributed by atoms with Crippen molar-refractivity contribution in [1.29, 1.82) is 0 Å². The van der Waals surface area contributed by atoms with E-state index in [1.165, 1.54) is 24.8 Å². The minimum absolute atomic E-state index is 0.330. The van der Waals surface area contributed by atoms with Crippen molar-refractivity contribution in [3.8, 4) is 0 Å².